The predicted molar refractivity (Wildman–Crippen MR) is 67.5 cm³/mol. The lowest BCUT2D eigenvalue weighted by molar-refractivity contribution is 0.755. The van der Waals surface area contributed by atoms with E-state index in [1.54, 1.807) is 0 Å². The minimum atomic E-state index is 0.533. The van der Waals surface area contributed by atoms with Gasteiger partial charge in [-0.2, -0.15) is 0 Å². The van der Waals surface area contributed by atoms with E-state index in [9.17, 15) is 0 Å². The summed E-state index contributed by atoms with van der Waals surface area (Å²) >= 11 is 0. The predicted octanol–water partition coefficient (Wildman–Crippen LogP) is 3.68. The van der Waals surface area contributed by atoms with Gasteiger partial charge in [0.2, 0.25) is 0 Å². The molecule has 0 aromatic heterocycles. The maximum Gasteiger partial charge on any atom is 0.0372 e. The summed E-state index contributed by atoms with van der Waals surface area (Å²) < 4.78 is 0. The molecule has 0 amide bonds. The van der Waals surface area contributed by atoms with Crippen LogP contribution >= 0.6 is 0 Å². The molecule has 15 heavy (non-hydrogen) atoms. The lowest BCUT2D eigenvalue weighted by Crippen LogP contribution is -2.25. The second-order valence-corrected chi connectivity index (χ2v) is 4.24. The molecule has 0 unspecified atom stereocenters. The van der Waals surface area contributed by atoms with E-state index in [0.717, 1.165) is 0 Å². The molecule has 0 aliphatic heterocycles. The Morgan fingerprint density at radius 3 is 2.27 bits per heavy atom. The van der Waals surface area contributed by atoms with Crippen LogP contribution in [0.15, 0.2) is 42.5 Å². The number of fused-ring (bicyclic) bond motifs is 1. The molecule has 0 saturated carbocycles. The van der Waals surface area contributed by atoms with Crippen molar-refractivity contribution in [1.82, 2.24) is 0 Å². The Morgan fingerprint density at radius 2 is 1.60 bits per heavy atom. The first-order chi connectivity index (χ1) is 7.18. The molecule has 2 aromatic carbocycles. The fourth-order valence-electron chi connectivity index (χ4n) is 1.69. The van der Waals surface area contributed by atoms with Crippen molar-refractivity contribution in [2.24, 2.45) is 0 Å². The number of anilines is 1. The van der Waals surface area contributed by atoms with Crippen molar-refractivity contribution in [1.29, 1.82) is 0 Å². The molecule has 0 aliphatic rings. The second-order valence-electron chi connectivity index (χ2n) is 4.24. The Balaban J connectivity index is 2.47. The third-order valence-corrected chi connectivity index (χ3v) is 2.91. The molecule has 78 valence electrons. The Bertz CT molecular complexity index is 460. The van der Waals surface area contributed by atoms with Gasteiger partial charge in [-0.25, -0.2) is 0 Å². The van der Waals surface area contributed by atoms with Gasteiger partial charge in [-0.1, -0.05) is 30.3 Å². The van der Waals surface area contributed by atoms with Gasteiger partial charge in [0, 0.05) is 18.8 Å². The average Bonchev–Trinajstić information content (AvgIpc) is 2.27. The van der Waals surface area contributed by atoms with Crippen LogP contribution in [0, 0.1) is 0 Å². The van der Waals surface area contributed by atoms with E-state index in [1.165, 1.54) is 16.5 Å². The topological polar surface area (TPSA) is 3.24 Å². The van der Waals surface area contributed by atoms with Crippen LogP contribution in [-0.2, 0) is 0 Å². The molecular formula is C14H17N. The van der Waals surface area contributed by atoms with Gasteiger partial charge in [0.1, 0.15) is 0 Å². The van der Waals surface area contributed by atoms with Gasteiger partial charge in [-0.3, -0.25) is 0 Å². The third kappa shape index (κ3) is 1.96. The van der Waals surface area contributed by atoms with Crippen molar-refractivity contribution in [3.8, 4) is 0 Å². The van der Waals surface area contributed by atoms with E-state index in [1.807, 2.05) is 0 Å². The summed E-state index contributed by atoms with van der Waals surface area (Å²) in [6.07, 6.45) is 0. The summed E-state index contributed by atoms with van der Waals surface area (Å²) in [5, 5.41) is 2.61. The van der Waals surface area contributed by atoms with E-state index >= 15 is 0 Å². The molecule has 1 heteroatoms. The zero-order chi connectivity index (χ0) is 10.8. The van der Waals surface area contributed by atoms with Crippen molar-refractivity contribution in [3.05, 3.63) is 42.5 Å². The fourth-order valence-corrected chi connectivity index (χ4v) is 1.69. The number of hydrogen-bond donors (Lipinski definition) is 0. The minimum Gasteiger partial charge on any atom is -0.372 e. The lowest BCUT2D eigenvalue weighted by atomic mass is 10.1. The Labute approximate surface area is 91.3 Å². The molecule has 1 nitrogen and oxygen atoms in total. The summed E-state index contributed by atoms with van der Waals surface area (Å²) in [6.45, 7) is 4.41. The van der Waals surface area contributed by atoms with Gasteiger partial charge >= 0.3 is 0 Å². The zero-order valence-electron chi connectivity index (χ0n) is 9.57. The molecule has 0 spiro atoms. The number of nitrogens with zero attached hydrogens (tertiary/aromatic N) is 1. The van der Waals surface area contributed by atoms with E-state index < -0.39 is 0 Å². The van der Waals surface area contributed by atoms with Crippen molar-refractivity contribution in [2.45, 2.75) is 19.9 Å². The number of benzene rings is 2. The van der Waals surface area contributed by atoms with Crippen LogP contribution in [0.5, 0.6) is 0 Å². The van der Waals surface area contributed by atoms with Crippen molar-refractivity contribution in [2.75, 3.05) is 11.9 Å². The maximum atomic E-state index is 2.28. The standard InChI is InChI=1S/C14H17N/c1-11(2)15(3)14-9-8-12-6-4-5-7-13(12)10-14/h4-11H,1-3H3. The molecule has 0 atom stereocenters. The van der Waals surface area contributed by atoms with Crippen LogP contribution < -0.4 is 4.90 Å². The van der Waals surface area contributed by atoms with Crippen LogP contribution in [0.2, 0.25) is 0 Å². The monoisotopic (exact) mass is 199 g/mol. The largest absolute Gasteiger partial charge is 0.372 e. The van der Waals surface area contributed by atoms with E-state index in [4.69, 9.17) is 0 Å². The highest BCUT2D eigenvalue weighted by atomic mass is 15.1. The second kappa shape index (κ2) is 3.93. The normalized spacial score (nSPS) is 10.9. The lowest BCUT2D eigenvalue weighted by Gasteiger charge is -2.24. The Kier molecular flexibility index (Phi) is 2.63. The highest BCUT2D eigenvalue weighted by Crippen LogP contribution is 2.22. The van der Waals surface area contributed by atoms with Gasteiger partial charge < -0.3 is 4.90 Å². The van der Waals surface area contributed by atoms with Crippen LogP contribution in [-0.4, -0.2) is 13.1 Å². The molecular weight excluding hydrogens is 182 g/mol. The minimum absolute atomic E-state index is 0.533. The summed E-state index contributed by atoms with van der Waals surface area (Å²) in [6, 6.07) is 15.6. The van der Waals surface area contributed by atoms with Crippen LogP contribution in [0.1, 0.15) is 13.8 Å². The molecule has 0 N–H and O–H groups in total. The maximum absolute atomic E-state index is 2.28. The van der Waals surface area contributed by atoms with Crippen molar-refractivity contribution in [3.63, 3.8) is 0 Å². The highest BCUT2D eigenvalue weighted by molar-refractivity contribution is 5.85. The van der Waals surface area contributed by atoms with Crippen LogP contribution in [0.3, 0.4) is 0 Å². The summed E-state index contributed by atoms with van der Waals surface area (Å²) in [5.74, 6) is 0. The summed E-state index contributed by atoms with van der Waals surface area (Å²) in [4.78, 5) is 2.28. The smallest absolute Gasteiger partial charge is 0.0372 e. The Morgan fingerprint density at radius 1 is 0.933 bits per heavy atom. The highest BCUT2D eigenvalue weighted by Gasteiger charge is 2.04. The first-order valence-corrected chi connectivity index (χ1v) is 5.40. The van der Waals surface area contributed by atoms with E-state index in [2.05, 4.69) is 68.3 Å². The van der Waals surface area contributed by atoms with Crippen LogP contribution in [0.25, 0.3) is 10.8 Å². The first-order valence-electron chi connectivity index (χ1n) is 5.40. The summed E-state index contributed by atoms with van der Waals surface area (Å²) in [7, 11) is 2.13. The molecule has 0 heterocycles. The molecule has 0 aliphatic carbocycles. The molecule has 2 aromatic rings. The average molecular weight is 199 g/mol. The van der Waals surface area contributed by atoms with Gasteiger partial charge in [-0.15, -0.1) is 0 Å². The molecule has 0 fully saturated rings. The van der Waals surface area contributed by atoms with Gasteiger partial charge in [0.25, 0.3) is 0 Å². The van der Waals surface area contributed by atoms with Crippen LogP contribution in [0.4, 0.5) is 5.69 Å². The number of hydrogen-bond acceptors (Lipinski definition) is 1. The van der Waals surface area contributed by atoms with Crippen molar-refractivity contribution >= 4 is 16.5 Å². The van der Waals surface area contributed by atoms with Gasteiger partial charge in [0.15, 0.2) is 0 Å². The quantitative estimate of drug-likeness (QED) is 0.713. The SMILES string of the molecule is CC(C)N(C)c1ccc2ccccc2c1. The van der Waals surface area contributed by atoms with Gasteiger partial charge in [0.05, 0.1) is 0 Å². The molecule has 0 bridgehead atoms. The zero-order valence-corrected chi connectivity index (χ0v) is 9.57. The van der Waals surface area contributed by atoms with Gasteiger partial charge in [-0.05, 0) is 36.8 Å². The third-order valence-electron chi connectivity index (χ3n) is 2.91. The molecule has 0 radical (unpaired) electrons. The fraction of sp³-hybridized carbons (Fsp3) is 0.286. The van der Waals surface area contributed by atoms with Crippen molar-refractivity contribution < 1.29 is 0 Å². The van der Waals surface area contributed by atoms with E-state index in [-0.39, 0.29) is 0 Å². The molecule has 2 rings (SSSR count). The summed E-state index contributed by atoms with van der Waals surface area (Å²) in [5.41, 5.74) is 1.28. The first kappa shape index (κ1) is 10.0. The molecule has 0 saturated heterocycles. The van der Waals surface area contributed by atoms with E-state index in [0.29, 0.717) is 6.04 Å². The number of rotatable bonds is 2. The Hall–Kier alpha value is -1.50.